The Hall–Kier alpha value is -3.45. The molecular formula is C24H31N7O3. The van der Waals surface area contributed by atoms with E-state index in [0.29, 0.717) is 42.4 Å². The van der Waals surface area contributed by atoms with Crippen molar-refractivity contribution in [2.45, 2.75) is 45.8 Å². The number of benzene rings is 1. The van der Waals surface area contributed by atoms with E-state index in [0.717, 1.165) is 18.7 Å². The van der Waals surface area contributed by atoms with Crippen molar-refractivity contribution in [1.82, 2.24) is 25.1 Å². The maximum Gasteiger partial charge on any atom is 0.412 e. The first-order valence-corrected chi connectivity index (χ1v) is 11.5. The summed E-state index contributed by atoms with van der Waals surface area (Å²) in [5.74, 6) is 0.306. The van der Waals surface area contributed by atoms with Gasteiger partial charge in [-0.15, -0.1) is 0 Å². The Kier molecular flexibility index (Phi) is 6.57. The van der Waals surface area contributed by atoms with Crippen LogP contribution in [0.4, 0.5) is 10.5 Å². The maximum absolute atomic E-state index is 12.7. The third-order valence-electron chi connectivity index (χ3n) is 5.85. The summed E-state index contributed by atoms with van der Waals surface area (Å²) in [6.07, 6.45) is 3.74. The molecule has 34 heavy (non-hydrogen) atoms. The van der Waals surface area contributed by atoms with Crippen molar-refractivity contribution in [3.8, 4) is 6.07 Å². The molecule has 4 rings (SSSR count). The van der Waals surface area contributed by atoms with Gasteiger partial charge < -0.3 is 15.0 Å². The van der Waals surface area contributed by atoms with Gasteiger partial charge >= 0.3 is 6.09 Å². The number of hydrogen-bond donors (Lipinski definition) is 1. The van der Waals surface area contributed by atoms with Gasteiger partial charge in [-0.3, -0.25) is 24.6 Å². The predicted molar refractivity (Wildman–Crippen MR) is 127 cm³/mol. The second-order valence-corrected chi connectivity index (χ2v) is 10.1. The smallest absolute Gasteiger partial charge is 0.412 e. The number of hydrogen-bond acceptors (Lipinski definition) is 8. The number of amides is 2. The monoisotopic (exact) mass is 465 g/mol. The Labute approximate surface area is 199 Å². The SMILES string of the molecule is C[C@H]1C[C@@H](NC(=O)CN2CN(C(=O)OC(C)(C)C)C2)CN(c2ccc(C#N)c3nccnc23)C1. The molecule has 0 unspecified atom stereocenters. The minimum atomic E-state index is -0.537. The first kappa shape index (κ1) is 23.7. The van der Waals surface area contributed by atoms with E-state index in [-0.39, 0.29) is 24.6 Å². The molecule has 2 aliphatic rings. The second-order valence-electron chi connectivity index (χ2n) is 10.1. The summed E-state index contributed by atoms with van der Waals surface area (Å²) in [6.45, 7) is 10.1. The zero-order valence-corrected chi connectivity index (χ0v) is 20.1. The Morgan fingerprint density at radius 1 is 1.18 bits per heavy atom. The van der Waals surface area contributed by atoms with E-state index >= 15 is 0 Å². The number of rotatable bonds is 4. The van der Waals surface area contributed by atoms with Crippen LogP contribution in [0.1, 0.15) is 39.7 Å². The zero-order valence-electron chi connectivity index (χ0n) is 20.1. The van der Waals surface area contributed by atoms with E-state index in [4.69, 9.17) is 4.74 Å². The van der Waals surface area contributed by atoms with Crippen LogP contribution in [0.5, 0.6) is 0 Å². The zero-order chi connectivity index (χ0) is 24.5. The first-order valence-electron chi connectivity index (χ1n) is 11.5. The summed E-state index contributed by atoms with van der Waals surface area (Å²) in [7, 11) is 0. The summed E-state index contributed by atoms with van der Waals surface area (Å²) >= 11 is 0. The molecule has 2 saturated heterocycles. The lowest BCUT2D eigenvalue weighted by Crippen LogP contribution is -2.61. The van der Waals surface area contributed by atoms with Crippen LogP contribution in [0, 0.1) is 17.2 Å². The van der Waals surface area contributed by atoms with Crippen molar-refractivity contribution in [2.75, 3.05) is 37.9 Å². The summed E-state index contributed by atoms with van der Waals surface area (Å²) in [5.41, 5.74) is 2.17. The third-order valence-corrected chi connectivity index (χ3v) is 5.85. The fourth-order valence-electron chi connectivity index (χ4n) is 4.50. The number of carbonyl (C=O) groups is 2. The van der Waals surface area contributed by atoms with Crippen LogP contribution < -0.4 is 10.2 Å². The van der Waals surface area contributed by atoms with Gasteiger partial charge in [-0.25, -0.2) is 4.79 Å². The minimum Gasteiger partial charge on any atom is -0.444 e. The van der Waals surface area contributed by atoms with Crippen molar-refractivity contribution >= 4 is 28.7 Å². The highest BCUT2D eigenvalue weighted by atomic mass is 16.6. The fraction of sp³-hybridized carbons (Fsp3) is 0.542. The van der Waals surface area contributed by atoms with E-state index in [1.165, 1.54) is 0 Å². The summed E-state index contributed by atoms with van der Waals surface area (Å²) in [5, 5.41) is 12.6. The third kappa shape index (κ3) is 5.37. The molecule has 2 aliphatic heterocycles. The normalized spacial score (nSPS) is 21.0. The average molecular weight is 466 g/mol. The van der Waals surface area contributed by atoms with Gasteiger partial charge in [0, 0.05) is 31.5 Å². The number of ether oxygens (including phenoxy) is 1. The molecule has 1 N–H and O–H groups in total. The maximum atomic E-state index is 12.7. The molecule has 0 saturated carbocycles. The summed E-state index contributed by atoms with van der Waals surface area (Å²) in [4.78, 5) is 39.3. The fourth-order valence-corrected chi connectivity index (χ4v) is 4.50. The Morgan fingerprint density at radius 2 is 1.88 bits per heavy atom. The van der Waals surface area contributed by atoms with Crippen LogP contribution in [0.15, 0.2) is 24.5 Å². The molecule has 0 aliphatic carbocycles. The quantitative estimate of drug-likeness (QED) is 0.732. The summed E-state index contributed by atoms with van der Waals surface area (Å²) in [6, 6.07) is 5.86. The highest BCUT2D eigenvalue weighted by Crippen LogP contribution is 2.30. The van der Waals surface area contributed by atoms with Crippen molar-refractivity contribution in [2.24, 2.45) is 5.92 Å². The standard InChI is InChI=1S/C24H31N7O3/c1-16-9-18(28-20(32)13-29-14-31(15-29)23(33)34-24(2,3)4)12-30(11-16)19-6-5-17(10-25)21-22(19)27-8-7-26-21/h5-8,16,18H,9,11-15H2,1-4H3,(H,28,32)/t16-,18+/m0/s1. The highest BCUT2D eigenvalue weighted by Gasteiger charge is 2.34. The number of nitrogens with one attached hydrogen (secondary N) is 1. The predicted octanol–water partition coefficient (Wildman–Crippen LogP) is 2.30. The van der Waals surface area contributed by atoms with Gasteiger partial charge in [0.15, 0.2) is 0 Å². The van der Waals surface area contributed by atoms with E-state index in [1.54, 1.807) is 23.4 Å². The van der Waals surface area contributed by atoms with E-state index in [1.807, 2.05) is 31.7 Å². The topological polar surface area (TPSA) is 115 Å². The van der Waals surface area contributed by atoms with Gasteiger partial charge in [-0.2, -0.15) is 5.26 Å². The molecule has 2 aromatic rings. The molecule has 3 heterocycles. The van der Waals surface area contributed by atoms with Crippen LogP contribution in [0.3, 0.4) is 0 Å². The van der Waals surface area contributed by atoms with Crippen molar-refractivity contribution < 1.29 is 14.3 Å². The largest absolute Gasteiger partial charge is 0.444 e. The molecule has 180 valence electrons. The van der Waals surface area contributed by atoms with Gasteiger partial charge in [0.1, 0.15) is 22.7 Å². The lowest BCUT2D eigenvalue weighted by Gasteiger charge is -2.42. The average Bonchev–Trinajstić information content (AvgIpc) is 2.73. The van der Waals surface area contributed by atoms with E-state index in [9.17, 15) is 14.9 Å². The van der Waals surface area contributed by atoms with Crippen LogP contribution >= 0.6 is 0 Å². The molecule has 10 nitrogen and oxygen atoms in total. The Bertz CT molecular complexity index is 1120. The number of nitrogens with zero attached hydrogens (tertiary/aromatic N) is 6. The molecule has 2 atom stereocenters. The number of nitriles is 1. The molecule has 2 fully saturated rings. The van der Waals surface area contributed by atoms with Gasteiger partial charge in [0.25, 0.3) is 0 Å². The number of fused-ring (bicyclic) bond motifs is 1. The van der Waals surface area contributed by atoms with Crippen LogP contribution in [-0.2, 0) is 9.53 Å². The lowest BCUT2D eigenvalue weighted by molar-refractivity contribution is -0.128. The van der Waals surface area contributed by atoms with E-state index in [2.05, 4.69) is 33.2 Å². The minimum absolute atomic E-state index is 0.0122. The van der Waals surface area contributed by atoms with Gasteiger partial charge in [-0.1, -0.05) is 6.92 Å². The molecule has 1 aromatic carbocycles. The van der Waals surface area contributed by atoms with Crippen LogP contribution in [0.25, 0.3) is 11.0 Å². The molecular weight excluding hydrogens is 434 g/mol. The van der Waals surface area contributed by atoms with Crippen LogP contribution in [0.2, 0.25) is 0 Å². The number of carbonyl (C=O) groups excluding carboxylic acids is 2. The number of piperidine rings is 1. The number of anilines is 1. The molecule has 1 aromatic heterocycles. The second kappa shape index (κ2) is 9.43. The van der Waals surface area contributed by atoms with Gasteiger partial charge in [0.05, 0.1) is 31.1 Å². The highest BCUT2D eigenvalue weighted by molar-refractivity contribution is 5.92. The number of aromatic nitrogens is 2. The van der Waals surface area contributed by atoms with Gasteiger partial charge in [-0.05, 0) is 45.2 Å². The first-order chi connectivity index (χ1) is 16.1. The molecule has 0 bridgehead atoms. The molecule has 0 spiro atoms. The Morgan fingerprint density at radius 3 is 2.56 bits per heavy atom. The van der Waals surface area contributed by atoms with Crippen LogP contribution in [-0.4, -0.2) is 76.4 Å². The van der Waals surface area contributed by atoms with Crippen molar-refractivity contribution in [3.05, 3.63) is 30.1 Å². The van der Waals surface area contributed by atoms with Crippen molar-refractivity contribution in [1.29, 1.82) is 5.26 Å². The van der Waals surface area contributed by atoms with Gasteiger partial charge in [0.2, 0.25) is 5.91 Å². The molecule has 0 radical (unpaired) electrons. The van der Waals surface area contributed by atoms with E-state index < -0.39 is 5.60 Å². The van der Waals surface area contributed by atoms with Crippen molar-refractivity contribution in [3.63, 3.8) is 0 Å². The summed E-state index contributed by atoms with van der Waals surface area (Å²) < 4.78 is 5.35. The molecule has 10 heteroatoms. The Balaban J connectivity index is 1.35. The lowest BCUT2D eigenvalue weighted by atomic mass is 9.95. The molecule has 2 amide bonds.